The van der Waals surface area contributed by atoms with Crippen LogP contribution in [0.3, 0.4) is 0 Å². The lowest BCUT2D eigenvalue weighted by atomic mass is 10.2. The van der Waals surface area contributed by atoms with Crippen molar-refractivity contribution in [1.29, 1.82) is 0 Å². The molecule has 2 aromatic rings. The standard InChI is InChI=1S/C19H20BrClN2O4/c1-3-13-4-9-17(16(20)10-13)26-11-18(24)22-23-19(25)12(2)27-15-7-5-14(21)6-8-15/h4-10,12H,3,11H2,1-2H3,(H,22,24)(H,23,25). The zero-order valence-corrected chi connectivity index (χ0v) is 17.3. The summed E-state index contributed by atoms with van der Waals surface area (Å²) in [6.45, 7) is 3.38. The first-order valence-electron chi connectivity index (χ1n) is 8.31. The highest BCUT2D eigenvalue weighted by Gasteiger charge is 2.15. The topological polar surface area (TPSA) is 76.7 Å². The predicted octanol–water partition coefficient (Wildman–Crippen LogP) is 3.66. The van der Waals surface area contributed by atoms with Gasteiger partial charge >= 0.3 is 0 Å². The Bertz CT molecular complexity index is 799. The Morgan fingerprint density at radius 2 is 1.85 bits per heavy atom. The van der Waals surface area contributed by atoms with Crippen molar-refractivity contribution in [2.75, 3.05) is 6.61 Å². The summed E-state index contributed by atoms with van der Waals surface area (Å²) < 4.78 is 11.7. The van der Waals surface area contributed by atoms with E-state index in [0.29, 0.717) is 16.5 Å². The van der Waals surface area contributed by atoms with Crippen molar-refractivity contribution in [3.8, 4) is 11.5 Å². The van der Waals surface area contributed by atoms with Gasteiger partial charge in [0.1, 0.15) is 11.5 Å². The molecule has 0 aromatic heterocycles. The first kappa shape index (κ1) is 21.1. The van der Waals surface area contributed by atoms with E-state index >= 15 is 0 Å². The van der Waals surface area contributed by atoms with Gasteiger partial charge in [-0.05, 0) is 71.2 Å². The fourth-order valence-corrected chi connectivity index (χ4v) is 2.73. The Kier molecular flexibility index (Phi) is 7.94. The van der Waals surface area contributed by atoms with Gasteiger partial charge < -0.3 is 9.47 Å². The summed E-state index contributed by atoms with van der Waals surface area (Å²) in [4.78, 5) is 23.8. The third-order valence-electron chi connectivity index (χ3n) is 3.58. The fourth-order valence-electron chi connectivity index (χ4n) is 2.06. The molecule has 0 aliphatic carbocycles. The highest BCUT2D eigenvalue weighted by molar-refractivity contribution is 9.10. The summed E-state index contributed by atoms with van der Waals surface area (Å²) in [7, 11) is 0. The van der Waals surface area contributed by atoms with E-state index in [0.717, 1.165) is 16.5 Å². The number of carbonyl (C=O) groups excluding carboxylic acids is 2. The molecule has 6 nitrogen and oxygen atoms in total. The zero-order valence-electron chi connectivity index (χ0n) is 14.9. The maximum atomic E-state index is 12.0. The van der Waals surface area contributed by atoms with E-state index in [9.17, 15) is 9.59 Å². The molecule has 2 aromatic carbocycles. The van der Waals surface area contributed by atoms with E-state index in [1.807, 2.05) is 12.1 Å². The zero-order chi connectivity index (χ0) is 19.8. The van der Waals surface area contributed by atoms with E-state index in [-0.39, 0.29) is 6.61 Å². The molecule has 144 valence electrons. The lowest BCUT2D eigenvalue weighted by Crippen LogP contribution is -2.48. The highest BCUT2D eigenvalue weighted by Crippen LogP contribution is 2.26. The molecule has 2 N–H and O–H groups in total. The number of hydrazine groups is 1. The summed E-state index contributed by atoms with van der Waals surface area (Å²) in [5, 5.41) is 0.572. The SMILES string of the molecule is CCc1ccc(OCC(=O)NNC(=O)C(C)Oc2ccc(Cl)cc2)c(Br)c1. The number of aryl methyl sites for hydroxylation is 1. The molecular weight excluding hydrogens is 436 g/mol. The second kappa shape index (κ2) is 10.2. The van der Waals surface area contributed by atoms with Crippen molar-refractivity contribution in [2.45, 2.75) is 26.4 Å². The fraction of sp³-hybridized carbons (Fsp3) is 0.263. The predicted molar refractivity (Wildman–Crippen MR) is 107 cm³/mol. The molecule has 0 heterocycles. The van der Waals surface area contributed by atoms with Crippen molar-refractivity contribution in [3.05, 3.63) is 57.5 Å². The van der Waals surface area contributed by atoms with Gasteiger partial charge in [0.15, 0.2) is 12.7 Å². The number of halogens is 2. The number of amides is 2. The minimum absolute atomic E-state index is 0.239. The lowest BCUT2D eigenvalue weighted by Gasteiger charge is -2.15. The van der Waals surface area contributed by atoms with Gasteiger partial charge in [0.05, 0.1) is 4.47 Å². The molecule has 2 amide bonds. The number of hydrogen-bond donors (Lipinski definition) is 2. The lowest BCUT2D eigenvalue weighted by molar-refractivity contribution is -0.133. The average molecular weight is 456 g/mol. The Labute approximate surface area is 171 Å². The van der Waals surface area contributed by atoms with Crippen LogP contribution in [-0.2, 0) is 16.0 Å². The van der Waals surface area contributed by atoms with E-state index in [4.69, 9.17) is 21.1 Å². The number of carbonyl (C=O) groups is 2. The van der Waals surface area contributed by atoms with E-state index < -0.39 is 17.9 Å². The number of rotatable bonds is 7. The molecule has 0 bridgehead atoms. The summed E-state index contributed by atoms with van der Waals surface area (Å²) in [5.74, 6) is 0.0606. The van der Waals surface area contributed by atoms with Gasteiger partial charge in [0.25, 0.3) is 11.8 Å². The van der Waals surface area contributed by atoms with Crippen LogP contribution in [0.2, 0.25) is 5.02 Å². The van der Waals surface area contributed by atoms with E-state index in [1.165, 1.54) is 0 Å². The summed E-state index contributed by atoms with van der Waals surface area (Å²) in [6.07, 6.45) is 0.102. The van der Waals surface area contributed by atoms with Gasteiger partial charge in [-0.1, -0.05) is 24.6 Å². The molecule has 0 spiro atoms. The van der Waals surface area contributed by atoms with Crippen LogP contribution in [0.5, 0.6) is 11.5 Å². The summed E-state index contributed by atoms with van der Waals surface area (Å²) >= 11 is 9.20. The summed E-state index contributed by atoms with van der Waals surface area (Å²) in [6, 6.07) is 12.3. The molecule has 8 heteroatoms. The van der Waals surface area contributed by atoms with Crippen LogP contribution in [0.25, 0.3) is 0 Å². The van der Waals surface area contributed by atoms with E-state index in [1.54, 1.807) is 37.3 Å². The number of hydrogen-bond acceptors (Lipinski definition) is 4. The molecule has 27 heavy (non-hydrogen) atoms. The van der Waals surface area contributed by atoms with Crippen LogP contribution in [0.1, 0.15) is 19.4 Å². The van der Waals surface area contributed by atoms with E-state index in [2.05, 4.69) is 33.7 Å². The molecule has 0 radical (unpaired) electrons. The molecule has 0 saturated carbocycles. The third-order valence-corrected chi connectivity index (χ3v) is 4.46. The number of nitrogens with one attached hydrogen (secondary N) is 2. The molecule has 1 atom stereocenters. The Hall–Kier alpha value is -2.25. The third kappa shape index (κ3) is 6.77. The summed E-state index contributed by atoms with van der Waals surface area (Å²) in [5.41, 5.74) is 5.75. The number of benzene rings is 2. The monoisotopic (exact) mass is 454 g/mol. The molecule has 0 aliphatic rings. The second-order valence-electron chi connectivity index (χ2n) is 5.66. The smallest absolute Gasteiger partial charge is 0.279 e. The van der Waals surface area contributed by atoms with Gasteiger partial charge in [-0.2, -0.15) is 0 Å². The van der Waals surface area contributed by atoms with Crippen molar-refractivity contribution in [1.82, 2.24) is 10.9 Å². The van der Waals surface area contributed by atoms with Crippen molar-refractivity contribution in [2.24, 2.45) is 0 Å². The van der Waals surface area contributed by atoms with Crippen molar-refractivity contribution in [3.63, 3.8) is 0 Å². The van der Waals surface area contributed by atoms with Crippen LogP contribution >= 0.6 is 27.5 Å². The molecular formula is C19H20BrClN2O4. The van der Waals surface area contributed by atoms with Gasteiger partial charge in [0, 0.05) is 5.02 Å². The van der Waals surface area contributed by atoms with Gasteiger partial charge in [0.2, 0.25) is 0 Å². The second-order valence-corrected chi connectivity index (χ2v) is 6.95. The first-order chi connectivity index (χ1) is 12.9. The Morgan fingerprint density at radius 3 is 2.48 bits per heavy atom. The Balaban J connectivity index is 1.75. The molecule has 0 aliphatic heterocycles. The van der Waals surface area contributed by atoms with Gasteiger partial charge in [-0.25, -0.2) is 0 Å². The van der Waals surface area contributed by atoms with Crippen LogP contribution in [0.15, 0.2) is 46.9 Å². The van der Waals surface area contributed by atoms with Gasteiger partial charge in [-0.15, -0.1) is 0 Å². The van der Waals surface area contributed by atoms with Crippen LogP contribution in [0, 0.1) is 0 Å². The normalized spacial score (nSPS) is 11.4. The van der Waals surface area contributed by atoms with Gasteiger partial charge in [-0.3, -0.25) is 20.4 Å². The molecule has 0 saturated heterocycles. The minimum atomic E-state index is -0.803. The minimum Gasteiger partial charge on any atom is -0.483 e. The maximum Gasteiger partial charge on any atom is 0.279 e. The van der Waals surface area contributed by atoms with Crippen LogP contribution < -0.4 is 20.3 Å². The first-order valence-corrected chi connectivity index (χ1v) is 9.48. The quantitative estimate of drug-likeness (QED) is 0.625. The molecule has 1 unspecified atom stereocenters. The van der Waals surface area contributed by atoms with Crippen molar-refractivity contribution < 1.29 is 19.1 Å². The highest BCUT2D eigenvalue weighted by atomic mass is 79.9. The van der Waals surface area contributed by atoms with Crippen molar-refractivity contribution >= 4 is 39.3 Å². The van der Waals surface area contributed by atoms with Crippen LogP contribution in [-0.4, -0.2) is 24.5 Å². The number of ether oxygens (including phenoxy) is 2. The Morgan fingerprint density at radius 1 is 1.15 bits per heavy atom. The van der Waals surface area contributed by atoms with Crippen LogP contribution in [0.4, 0.5) is 0 Å². The largest absolute Gasteiger partial charge is 0.483 e. The molecule has 2 rings (SSSR count). The average Bonchev–Trinajstić information content (AvgIpc) is 2.66. The molecule has 0 fully saturated rings. The maximum absolute atomic E-state index is 12.0.